The lowest BCUT2D eigenvalue weighted by molar-refractivity contribution is -0.137. The SMILES string of the molecule is O=C(O)CCCC=CC[C@@H]1[C@@H](/C=C/[C@H](O)COc2cccc(Cl)c2)[C@H](O)C[C@@H]1O. The van der Waals surface area contributed by atoms with Crippen molar-refractivity contribution in [2.75, 3.05) is 6.61 Å². The van der Waals surface area contributed by atoms with Crippen molar-refractivity contribution < 1.29 is 30.0 Å². The molecular formula is C22H29ClO6. The van der Waals surface area contributed by atoms with Gasteiger partial charge in [0.15, 0.2) is 0 Å². The van der Waals surface area contributed by atoms with Gasteiger partial charge in [0.1, 0.15) is 18.5 Å². The number of ether oxygens (including phenoxy) is 1. The molecule has 0 saturated heterocycles. The number of aliphatic carboxylic acids is 1. The maximum absolute atomic E-state index is 10.5. The van der Waals surface area contributed by atoms with Gasteiger partial charge < -0.3 is 25.2 Å². The first kappa shape index (κ1) is 23.4. The van der Waals surface area contributed by atoms with Gasteiger partial charge in [-0.15, -0.1) is 0 Å². The molecule has 1 aromatic carbocycles. The molecule has 1 fully saturated rings. The van der Waals surface area contributed by atoms with E-state index in [1.807, 2.05) is 12.2 Å². The topological polar surface area (TPSA) is 107 Å². The van der Waals surface area contributed by atoms with Gasteiger partial charge in [-0.05, 0) is 43.4 Å². The average Bonchev–Trinajstić information content (AvgIpc) is 2.93. The highest BCUT2D eigenvalue weighted by atomic mass is 35.5. The summed E-state index contributed by atoms with van der Waals surface area (Å²) in [5.74, 6) is -0.671. The predicted octanol–water partition coefficient (Wildman–Crippen LogP) is 3.20. The maximum atomic E-state index is 10.5. The van der Waals surface area contributed by atoms with E-state index in [0.29, 0.717) is 36.5 Å². The fourth-order valence-corrected chi connectivity index (χ4v) is 3.68. The Kier molecular flexibility index (Phi) is 9.67. The van der Waals surface area contributed by atoms with Gasteiger partial charge in [0.05, 0.1) is 12.2 Å². The van der Waals surface area contributed by atoms with Crippen LogP contribution in [0.5, 0.6) is 5.75 Å². The van der Waals surface area contributed by atoms with Crippen molar-refractivity contribution in [3.8, 4) is 5.75 Å². The molecule has 0 aliphatic heterocycles. The lowest BCUT2D eigenvalue weighted by Gasteiger charge is -2.19. The second-order valence-corrected chi connectivity index (χ2v) is 7.76. The van der Waals surface area contributed by atoms with Crippen LogP contribution >= 0.6 is 11.6 Å². The van der Waals surface area contributed by atoms with Crippen molar-refractivity contribution >= 4 is 17.6 Å². The molecule has 0 spiro atoms. The predicted molar refractivity (Wildman–Crippen MR) is 111 cm³/mol. The number of halogens is 1. The third-order valence-electron chi connectivity index (χ3n) is 5.02. The van der Waals surface area contributed by atoms with Crippen LogP contribution < -0.4 is 4.74 Å². The van der Waals surface area contributed by atoms with Gasteiger partial charge in [-0.1, -0.05) is 42.0 Å². The van der Waals surface area contributed by atoms with E-state index in [-0.39, 0.29) is 24.9 Å². The molecule has 6 nitrogen and oxygen atoms in total. The molecule has 2 rings (SSSR count). The molecule has 0 unspecified atom stereocenters. The van der Waals surface area contributed by atoms with Gasteiger partial charge in [-0.2, -0.15) is 0 Å². The Labute approximate surface area is 176 Å². The second kappa shape index (κ2) is 12.0. The van der Waals surface area contributed by atoms with Crippen LogP contribution in [0.4, 0.5) is 0 Å². The summed E-state index contributed by atoms with van der Waals surface area (Å²) >= 11 is 5.90. The molecular weight excluding hydrogens is 396 g/mol. The molecule has 0 radical (unpaired) electrons. The van der Waals surface area contributed by atoms with Crippen LogP contribution in [0.25, 0.3) is 0 Å². The number of aliphatic hydroxyl groups is 3. The summed E-state index contributed by atoms with van der Waals surface area (Å²) in [6.07, 6.45) is 7.26. The molecule has 1 aliphatic carbocycles. The molecule has 4 N–H and O–H groups in total. The fraction of sp³-hybridized carbons (Fsp3) is 0.500. The molecule has 1 aliphatic rings. The van der Waals surface area contributed by atoms with Crippen LogP contribution in [0.3, 0.4) is 0 Å². The Bertz CT molecular complexity index is 704. The lowest BCUT2D eigenvalue weighted by Crippen LogP contribution is -2.21. The Morgan fingerprint density at radius 1 is 1.28 bits per heavy atom. The monoisotopic (exact) mass is 424 g/mol. The van der Waals surface area contributed by atoms with Gasteiger partial charge in [-0.3, -0.25) is 4.79 Å². The maximum Gasteiger partial charge on any atom is 0.303 e. The van der Waals surface area contributed by atoms with Crippen molar-refractivity contribution in [3.05, 3.63) is 53.6 Å². The van der Waals surface area contributed by atoms with Gasteiger partial charge in [-0.25, -0.2) is 0 Å². The van der Waals surface area contributed by atoms with Crippen molar-refractivity contribution in [3.63, 3.8) is 0 Å². The zero-order chi connectivity index (χ0) is 21.2. The highest BCUT2D eigenvalue weighted by molar-refractivity contribution is 6.30. The smallest absolute Gasteiger partial charge is 0.303 e. The zero-order valence-electron chi connectivity index (χ0n) is 16.2. The number of rotatable bonds is 11. The Balaban J connectivity index is 1.83. The van der Waals surface area contributed by atoms with Gasteiger partial charge in [0.2, 0.25) is 0 Å². The molecule has 0 aromatic heterocycles. The van der Waals surface area contributed by atoms with Crippen molar-refractivity contribution in [1.82, 2.24) is 0 Å². The third-order valence-corrected chi connectivity index (χ3v) is 5.26. The van der Waals surface area contributed by atoms with E-state index >= 15 is 0 Å². The van der Waals surface area contributed by atoms with E-state index in [0.717, 1.165) is 0 Å². The Hall–Kier alpha value is -1.86. The molecule has 0 heterocycles. The zero-order valence-corrected chi connectivity index (χ0v) is 17.0. The highest BCUT2D eigenvalue weighted by Gasteiger charge is 2.39. The molecule has 160 valence electrons. The molecule has 1 aromatic rings. The largest absolute Gasteiger partial charge is 0.491 e. The number of allylic oxidation sites excluding steroid dienone is 2. The number of carboxylic acid groups (broad SMARTS) is 1. The van der Waals surface area contributed by atoms with E-state index in [9.17, 15) is 20.1 Å². The van der Waals surface area contributed by atoms with Crippen LogP contribution in [0, 0.1) is 11.8 Å². The summed E-state index contributed by atoms with van der Waals surface area (Å²) in [5.41, 5.74) is 0. The van der Waals surface area contributed by atoms with Crippen LogP contribution in [0.1, 0.15) is 32.1 Å². The minimum Gasteiger partial charge on any atom is -0.491 e. The van der Waals surface area contributed by atoms with E-state index in [1.165, 1.54) is 0 Å². The quantitative estimate of drug-likeness (QED) is 0.321. The van der Waals surface area contributed by atoms with Crippen molar-refractivity contribution in [2.24, 2.45) is 11.8 Å². The summed E-state index contributed by atoms with van der Waals surface area (Å²) in [6, 6.07) is 6.90. The van der Waals surface area contributed by atoms with Gasteiger partial charge in [0, 0.05) is 23.8 Å². The summed E-state index contributed by atoms with van der Waals surface area (Å²) in [6.45, 7) is 0.0519. The number of aliphatic hydroxyl groups excluding tert-OH is 3. The Morgan fingerprint density at radius 2 is 2.07 bits per heavy atom. The fourth-order valence-electron chi connectivity index (χ4n) is 3.50. The first-order valence-electron chi connectivity index (χ1n) is 9.84. The number of carbonyl (C=O) groups is 1. The number of unbranched alkanes of at least 4 members (excludes halogenated alkanes) is 1. The van der Waals surface area contributed by atoms with Crippen LogP contribution in [0.2, 0.25) is 5.02 Å². The Morgan fingerprint density at radius 3 is 2.79 bits per heavy atom. The summed E-state index contributed by atoms with van der Waals surface area (Å²) < 4.78 is 5.51. The second-order valence-electron chi connectivity index (χ2n) is 7.33. The van der Waals surface area contributed by atoms with Crippen molar-refractivity contribution in [2.45, 2.75) is 50.4 Å². The van der Waals surface area contributed by atoms with E-state index in [2.05, 4.69) is 0 Å². The number of benzene rings is 1. The van der Waals surface area contributed by atoms with Crippen molar-refractivity contribution in [1.29, 1.82) is 0 Å². The number of hydrogen-bond acceptors (Lipinski definition) is 5. The number of carboxylic acids is 1. The minimum atomic E-state index is -0.855. The van der Waals surface area contributed by atoms with E-state index in [1.54, 1.807) is 36.4 Å². The molecule has 1 saturated carbocycles. The number of hydrogen-bond donors (Lipinski definition) is 4. The first-order chi connectivity index (χ1) is 13.9. The van der Waals surface area contributed by atoms with Crippen LogP contribution in [0.15, 0.2) is 48.6 Å². The minimum absolute atomic E-state index is 0.0519. The molecule has 0 bridgehead atoms. The average molecular weight is 425 g/mol. The summed E-state index contributed by atoms with van der Waals surface area (Å²) in [4.78, 5) is 10.5. The lowest BCUT2D eigenvalue weighted by atomic mass is 9.89. The summed E-state index contributed by atoms with van der Waals surface area (Å²) in [5, 5.41) is 39.8. The molecule has 0 amide bonds. The normalized spacial score (nSPS) is 25.7. The van der Waals surface area contributed by atoms with E-state index < -0.39 is 24.3 Å². The van der Waals surface area contributed by atoms with Crippen LogP contribution in [-0.4, -0.2) is 51.3 Å². The molecule has 5 atom stereocenters. The van der Waals surface area contributed by atoms with Gasteiger partial charge in [0.25, 0.3) is 0 Å². The highest BCUT2D eigenvalue weighted by Crippen LogP contribution is 2.36. The standard InChI is InChI=1S/C22H29ClO6/c23-15-6-5-7-17(12-15)29-14-16(24)10-11-19-18(20(25)13-21(19)26)8-3-1-2-4-9-22(27)28/h1,3,5-7,10-12,16,18-21,24-26H,2,4,8-9,13-14H2,(H,27,28)/b3-1?,11-10+/t16-,18+,19+,20-,21+/m0/s1. The van der Waals surface area contributed by atoms with Gasteiger partial charge >= 0.3 is 5.97 Å². The third kappa shape index (κ3) is 8.19. The molecule has 7 heteroatoms. The summed E-state index contributed by atoms with van der Waals surface area (Å²) in [7, 11) is 0. The van der Waals surface area contributed by atoms with E-state index in [4.69, 9.17) is 21.4 Å². The van der Waals surface area contributed by atoms with Crippen LogP contribution in [-0.2, 0) is 4.79 Å². The molecule has 29 heavy (non-hydrogen) atoms. The first-order valence-corrected chi connectivity index (χ1v) is 10.2.